The van der Waals surface area contributed by atoms with Gasteiger partial charge in [0.05, 0.1) is 11.8 Å². The van der Waals surface area contributed by atoms with Gasteiger partial charge in [-0.25, -0.2) is 0 Å². The van der Waals surface area contributed by atoms with Crippen LogP contribution >= 0.6 is 0 Å². The summed E-state index contributed by atoms with van der Waals surface area (Å²) in [4.78, 5) is 15.8. The molecule has 1 aliphatic rings. The van der Waals surface area contributed by atoms with Gasteiger partial charge >= 0.3 is 0 Å². The third-order valence-corrected chi connectivity index (χ3v) is 3.70. The summed E-state index contributed by atoms with van der Waals surface area (Å²) in [5, 5.41) is 12.3. The third kappa shape index (κ3) is 3.22. The number of amides is 1. The summed E-state index contributed by atoms with van der Waals surface area (Å²) in [5.41, 5.74) is 0.414. The maximum absolute atomic E-state index is 12.0. The van der Waals surface area contributed by atoms with E-state index >= 15 is 0 Å². The summed E-state index contributed by atoms with van der Waals surface area (Å²) in [6.45, 7) is 2.06. The first-order valence-electron chi connectivity index (χ1n) is 6.61. The van der Waals surface area contributed by atoms with Crippen LogP contribution in [0.3, 0.4) is 0 Å². The van der Waals surface area contributed by atoms with Crippen molar-refractivity contribution in [2.75, 3.05) is 0 Å². The summed E-state index contributed by atoms with van der Waals surface area (Å²) >= 11 is 0. The molecular formula is C14H20N2O2. The van der Waals surface area contributed by atoms with Crippen molar-refractivity contribution in [2.24, 2.45) is 5.92 Å². The summed E-state index contributed by atoms with van der Waals surface area (Å²) in [7, 11) is 0. The van der Waals surface area contributed by atoms with E-state index in [1.807, 2.05) is 0 Å². The highest BCUT2D eigenvalue weighted by Gasteiger charge is 2.21. The van der Waals surface area contributed by atoms with Crippen LogP contribution in [0.5, 0.6) is 5.75 Å². The van der Waals surface area contributed by atoms with Gasteiger partial charge in [0.25, 0.3) is 5.91 Å². The molecule has 1 aromatic rings. The normalized spacial score (nSPS) is 18.3. The molecule has 0 bridgehead atoms. The number of nitrogens with zero attached hydrogens (tertiary/aromatic N) is 1. The van der Waals surface area contributed by atoms with Gasteiger partial charge in [0.2, 0.25) is 0 Å². The van der Waals surface area contributed by atoms with Gasteiger partial charge in [-0.15, -0.1) is 0 Å². The first kappa shape index (κ1) is 12.9. The molecule has 1 aliphatic carbocycles. The van der Waals surface area contributed by atoms with E-state index < -0.39 is 0 Å². The maximum Gasteiger partial charge on any atom is 0.253 e. The van der Waals surface area contributed by atoms with E-state index in [-0.39, 0.29) is 17.7 Å². The van der Waals surface area contributed by atoms with Crippen molar-refractivity contribution >= 4 is 5.91 Å². The number of carbonyl (C=O) groups is 1. The Morgan fingerprint density at radius 2 is 2.11 bits per heavy atom. The fourth-order valence-corrected chi connectivity index (χ4v) is 2.59. The number of hydrogen-bond acceptors (Lipinski definition) is 3. The Hall–Kier alpha value is -1.58. The molecule has 1 heterocycles. The van der Waals surface area contributed by atoms with Crippen molar-refractivity contribution in [1.29, 1.82) is 0 Å². The second-order valence-electron chi connectivity index (χ2n) is 5.09. The lowest BCUT2D eigenvalue weighted by Crippen LogP contribution is -2.38. The molecule has 0 aromatic carbocycles. The molecule has 0 aliphatic heterocycles. The van der Waals surface area contributed by atoms with Crippen LogP contribution in [0.2, 0.25) is 0 Å². The van der Waals surface area contributed by atoms with Crippen LogP contribution in [0.4, 0.5) is 0 Å². The Morgan fingerprint density at radius 1 is 1.39 bits per heavy atom. The second kappa shape index (κ2) is 5.85. The highest BCUT2D eigenvalue weighted by molar-refractivity contribution is 5.94. The van der Waals surface area contributed by atoms with Gasteiger partial charge in [-0.05, 0) is 31.7 Å². The van der Waals surface area contributed by atoms with Crippen molar-refractivity contribution in [2.45, 2.75) is 45.1 Å². The largest absolute Gasteiger partial charge is 0.506 e. The smallest absolute Gasteiger partial charge is 0.253 e. The minimum Gasteiger partial charge on any atom is -0.506 e. The van der Waals surface area contributed by atoms with Gasteiger partial charge in [0, 0.05) is 12.2 Å². The quantitative estimate of drug-likeness (QED) is 0.863. The van der Waals surface area contributed by atoms with Crippen LogP contribution < -0.4 is 5.32 Å². The number of pyridine rings is 1. The van der Waals surface area contributed by atoms with Crippen LogP contribution in [-0.2, 0) is 0 Å². The molecule has 1 unspecified atom stereocenters. The second-order valence-corrected chi connectivity index (χ2v) is 5.09. The van der Waals surface area contributed by atoms with Crippen LogP contribution in [-0.4, -0.2) is 22.0 Å². The molecule has 4 heteroatoms. The van der Waals surface area contributed by atoms with E-state index in [0.717, 1.165) is 0 Å². The van der Waals surface area contributed by atoms with Crippen molar-refractivity contribution in [3.05, 3.63) is 24.0 Å². The van der Waals surface area contributed by atoms with Crippen LogP contribution in [0.15, 0.2) is 18.5 Å². The molecule has 2 N–H and O–H groups in total. The van der Waals surface area contributed by atoms with E-state index in [0.29, 0.717) is 11.5 Å². The highest BCUT2D eigenvalue weighted by atomic mass is 16.3. The molecule has 1 saturated carbocycles. The first-order valence-corrected chi connectivity index (χ1v) is 6.61. The molecule has 18 heavy (non-hydrogen) atoms. The predicted octanol–water partition coefficient (Wildman–Crippen LogP) is 2.49. The summed E-state index contributed by atoms with van der Waals surface area (Å²) < 4.78 is 0. The minimum absolute atomic E-state index is 0.0213. The lowest BCUT2D eigenvalue weighted by Gasteiger charge is -2.28. The Labute approximate surface area is 107 Å². The van der Waals surface area contributed by atoms with Gasteiger partial charge in [-0.3, -0.25) is 9.78 Å². The molecule has 4 nitrogen and oxygen atoms in total. The zero-order chi connectivity index (χ0) is 13.0. The first-order chi connectivity index (χ1) is 8.66. The fraction of sp³-hybridized carbons (Fsp3) is 0.571. The van der Waals surface area contributed by atoms with Gasteiger partial charge in [0.1, 0.15) is 5.75 Å². The van der Waals surface area contributed by atoms with E-state index in [1.54, 1.807) is 0 Å². The summed E-state index contributed by atoms with van der Waals surface area (Å²) in [5.74, 6) is 0.442. The Balaban J connectivity index is 1.94. The number of aromatic hydroxyl groups is 1. The van der Waals surface area contributed by atoms with E-state index in [2.05, 4.69) is 17.2 Å². The molecular weight excluding hydrogens is 228 g/mol. The number of hydrogen-bond donors (Lipinski definition) is 2. The Kier molecular flexibility index (Phi) is 4.18. The molecule has 1 amide bonds. The molecule has 1 fully saturated rings. The van der Waals surface area contributed by atoms with Gasteiger partial charge in [0.15, 0.2) is 0 Å². The zero-order valence-electron chi connectivity index (χ0n) is 10.7. The monoisotopic (exact) mass is 248 g/mol. The average molecular weight is 248 g/mol. The molecule has 1 aromatic heterocycles. The van der Waals surface area contributed by atoms with Gasteiger partial charge < -0.3 is 10.4 Å². The van der Waals surface area contributed by atoms with Gasteiger partial charge in [-0.2, -0.15) is 0 Å². The Morgan fingerprint density at radius 3 is 2.78 bits per heavy atom. The lowest BCUT2D eigenvalue weighted by molar-refractivity contribution is 0.0918. The molecule has 0 spiro atoms. The third-order valence-electron chi connectivity index (χ3n) is 3.70. The van der Waals surface area contributed by atoms with Crippen molar-refractivity contribution < 1.29 is 9.90 Å². The van der Waals surface area contributed by atoms with Crippen LogP contribution in [0, 0.1) is 5.92 Å². The maximum atomic E-state index is 12.0. The molecule has 0 saturated heterocycles. The number of rotatable bonds is 3. The fourth-order valence-electron chi connectivity index (χ4n) is 2.59. The van der Waals surface area contributed by atoms with E-state index in [9.17, 15) is 9.90 Å². The lowest BCUT2D eigenvalue weighted by atomic mass is 9.84. The van der Waals surface area contributed by atoms with Gasteiger partial charge in [-0.1, -0.05) is 19.3 Å². The van der Waals surface area contributed by atoms with E-state index in [4.69, 9.17) is 0 Å². The minimum atomic E-state index is -0.156. The Bertz CT molecular complexity index is 414. The van der Waals surface area contributed by atoms with Crippen molar-refractivity contribution in [3.63, 3.8) is 0 Å². The zero-order valence-corrected chi connectivity index (χ0v) is 10.7. The molecule has 0 radical (unpaired) electrons. The van der Waals surface area contributed by atoms with Crippen molar-refractivity contribution in [3.8, 4) is 5.75 Å². The standard InChI is InChI=1S/C14H20N2O2/c1-10(11-5-3-2-4-6-11)16-14(18)12-7-13(17)9-15-8-12/h7-11,17H,2-6H2,1H3,(H,16,18). The molecule has 2 rings (SSSR count). The van der Waals surface area contributed by atoms with Crippen LogP contribution in [0.25, 0.3) is 0 Å². The molecule has 1 atom stereocenters. The topological polar surface area (TPSA) is 62.2 Å². The summed E-state index contributed by atoms with van der Waals surface area (Å²) in [6.07, 6.45) is 9.02. The highest BCUT2D eigenvalue weighted by Crippen LogP contribution is 2.26. The predicted molar refractivity (Wildman–Crippen MR) is 69.4 cm³/mol. The molecule has 98 valence electrons. The van der Waals surface area contributed by atoms with Crippen molar-refractivity contribution in [1.82, 2.24) is 10.3 Å². The SMILES string of the molecule is CC(NC(=O)c1cncc(O)c1)C1CCCCC1. The number of carbonyl (C=O) groups excluding carboxylic acids is 1. The summed E-state index contributed by atoms with van der Waals surface area (Å²) in [6, 6.07) is 1.62. The van der Waals surface area contributed by atoms with E-state index in [1.165, 1.54) is 50.6 Å². The average Bonchev–Trinajstić information content (AvgIpc) is 2.39. The number of nitrogens with one attached hydrogen (secondary N) is 1. The van der Waals surface area contributed by atoms with Crippen LogP contribution in [0.1, 0.15) is 49.4 Å². The number of aromatic nitrogens is 1.